The largest absolute Gasteiger partial charge is 0.416 e. The zero-order valence-corrected chi connectivity index (χ0v) is 10.8. The summed E-state index contributed by atoms with van der Waals surface area (Å²) in [4.78, 5) is 0. The minimum absolute atomic E-state index is 0.0153. The predicted molar refractivity (Wildman–Crippen MR) is 69.9 cm³/mol. The Hall–Kier alpha value is -2.04. The first-order valence-corrected chi connectivity index (χ1v) is 6.02. The number of hydrogen-bond acceptors (Lipinski definition) is 1. The fourth-order valence-corrected chi connectivity index (χ4v) is 1.99. The maximum atomic E-state index is 13.2. The van der Waals surface area contributed by atoms with Crippen LogP contribution in [0.1, 0.15) is 16.7 Å². The second-order valence-corrected chi connectivity index (χ2v) is 4.53. The summed E-state index contributed by atoms with van der Waals surface area (Å²) in [5.74, 6) is -0.420. The predicted octanol–water partition coefficient (Wildman–Crippen LogP) is 4.77. The number of anilines is 1. The molecule has 0 fully saturated rings. The molecule has 0 radical (unpaired) electrons. The Morgan fingerprint density at radius 3 is 2.40 bits per heavy atom. The van der Waals surface area contributed by atoms with E-state index in [4.69, 9.17) is 0 Å². The van der Waals surface area contributed by atoms with E-state index in [0.717, 1.165) is 6.07 Å². The average Bonchev–Trinajstić information content (AvgIpc) is 2.34. The molecule has 0 unspecified atom stereocenters. The third-order valence-electron chi connectivity index (χ3n) is 2.85. The molecule has 2 aromatic carbocycles. The van der Waals surface area contributed by atoms with Gasteiger partial charge in [-0.05, 0) is 42.3 Å². The fraction of sp³-hybridized carbons (Fsp3) is 0.200. The lowest BCUT2D eigenvalue weighted by atomic mass is 10.1. The number of nitrogens with one attached hydrogen (secondary N) is 1. The van der Waals surface area contributed by atoms with Gasteiger partial charge in [0, 0.05) is 12.2 Å². The summed E-state index contributed by atoms with van der Waals surface area (Å²) in [6, 6.07) is 9.62. The van der Waals surface area contributed by atoms with Crippen molar-refractivity contribution in [1.29, 1.82) is 0 Å². The molecule has 2 rings (SSSR count). The number of rotatable bonds is 3. The molecule has 1 N–H and O–H groups in total. The summed E-state index contributed by atoms with van der Waals surface area (Å²) in [6.45, 7) is 1.70. The SMILES string of the molecule is Cc1cc(F)cc(NCc2ccccc2C(F)(F)F)c1. The highest BCUT2D eigenvalue weighted by Crippen LogP contribution is 2.32. The molecule has 0 aliphatic carbocycles. The molecule has 0 amide bonds. The second-order valence-electron chi connectivity index (χ2n) is 4.53. The molecule has 0 saturated heterocycles. The second kappa shape index (κ2) is 5.53. The highest BCUT2D eigenvalue weighted by atomic mass is 19.4. The summed E-state index contributed by atoms with van der Waals surface area (Å²) in [5, 5.41) is 2.82. The van der Waals surface area contributed by atoms with Crippen LogP contribution >= 0.6 is 0 Å². The Kier molecular flexibility index (Phi) is 3.97. The van der Waals surface area contributed by atoms with Gasteiger partial charge in [0.25, 0.3) is 0 Å². The lowest BCUT2D eigenvalue weighted by Crippen LogP contribution is -2.11. The van der Waals surface area contributed by atoms with Gasteiger partial charge in [0.1, 0.15) is 5.82 Å². The van der Waals surface area contributed by atoms with Crippen LogP contribution in [0.2, 0.25) is 0 Å². The Morgan fingerprint density at radius 1 is 1.05 bits per heavy atom. The van der Waals surface area contributed by atoms with E-state index in [1.807, 2.05) is 0 Å². The van der Waals surface area contributed by atoms with Crippen molar-refractivity contribution in [2.45, 2.75) is 19.6 Å². The van der Waals surface area contributed by atoms with Crippen LogP contribution in [0.4, 0.5) is 23.2 Å². The monoisotopic (exact) mass is 283 g/mol. The molecule has 0 aromatic heterocycles. The molecule has 5 heteroatoms. The van der Waals surface area contributed by atoms with E-state index in [9.17, 15) is 17.6 Å². The van der Waals surface area contributed by atoms with Gasteiger partial charge in [-0.1, -0.05) is 18.2 Å². The van der Waals surface area contributed by atoms with Crippen LogP contribution < -0.4 is 5.32 Å². The molecule has 1 nitrogen and oxygen atoms in total. The average molecular weight is 283 g/mol. The van der Waals surface area contributed by atoms with E-state index in [0.29, 0.717) is 11.3 Å². The zero-order valence-electron chi connectivity index (χ0n) is 10.8. The van der Waals surface area contributed by atoms with Crippen LogP contribution in [0.3, 0.4) is 0 Å². The van der Waals surface area contributed by atoms with Crippen LogP contribution in [0.15, 0.2) is 42.5 Å². The Morgan fingerprint density at radius 2 is 1.75 bits per heavy atom. The van der Waals surface area contributed by atoms with Crippen LogP contribution in [0.5, 0.6) is 0 Å². The quantitative estimate of drug-likeness (QED) is 0.800. The molecule has 0 saturated carbocycles. The molecule has 2 aromatic rings. The first kappa shape index (κ1) is 14.4. The summed E-state index contributed by atoms with van der Waals surface area (Å²) in [5.41, 5.74) is 0.610. The number of benzene rings is 2. The molecule has 0 heterocycles. The molecule has 0 atom stereocenters. The van der Waals surface area contributed by atoms with Crippen LogP contribution in [-0.2, 0) is 12.7 Å². The van der Waals surface area contributed by atoms with Gasteiger partial charge in [0.05, 0.1) is 5.56 Å². The highest BCUT2D eigenvalue weighted by Gasteiger charge is 2.32. The fourth-order valence-electron chi connectivity index (χ4n) is 1.99. The third-order valence-corrected chi connectivity index (χ3v) is 2.85. The Labute approximate surface area is 114 Å². The number of aryl methyl sites for hydroxylation is 1. The van der Waals surface area contributed by atoms with Crippen molar-refractivity contribution in [1.82, 2.24) is 0 Å². The van der Waals surface area contributed by atoms with E-state index in [1.54, 1.807) is 19.1 Å². The molecule has 0 bridgehead atoms. The van der Waals surface area contributed by atoms with Crippen LogP contribution in [-0.4, -0.2) is 0 Å². The van der Waals surface area contributed by atoms with Gasteiger partial charge in [-0.15, -0.1) is 0 Å². The van der Waals surface area contributed by atoms with E-state index in [2.05, 4.69) is 5.32 Å². The van der Waals surface area contributed by atoms with Gasteiger partial charge in [-0.3, -0.25) is 0 Å². The number of hydrogen-bond donors (Lipinski definition) is 1. The minimum atomic E-state index is -4.39. The van der Waals surface area contributed by atoms with E-state index in [-0.39, 0.29) is 12.1 Å². The summed E-state index contributed by atoms with van der Waals surface area (Å²) in [7, 11) is 0. The third kappa shape index (κ3) is 3.50. The van der Waals surface area contributed by atoms with Crippen molar-refractivity contribution in [2.75, 3.05) is 5.32 Å². The van der Waals surface area contributed by atoms with Crippen molar-refractivity contribution in [3.63, 3.8) is 0 Å². The maximum absolute atomic E-state index is 13.2. The molecular weight excluding hydrogens is 270 g/mol. The maximum Gasteiger partial charge on any atom is 0.416 e. The molecular formula is C15H13F4N. The van der Waals surface area contributed by atoms with E-state index in [1.165, 1.54) is 24.3 Å². The van der Waals surface area contributed by atoms with Gasteiger partial charge >= 0.3 is 6.18 Å². The molecule has 0 spiro atoms. The molecule has 106 valence electrons. The first-order valence-electron chi connectivity index (χ1n) is 6.02. The molecule has 0 aliphatic heterocycles. The first-order chi connectivity index (χ1) is 9.36. The topological polar surface area (TPSA) is 12.0 Å². The van der Waals surface area contributed by atoms with Crippen LogP contribution in [0, 0.1) is 12.7 Å². The lowest BCUT2D eigenvalue weighted by molar-refractivity contribution is -0.138. The van der Waals surface area contributed by atoms with Crippen molar-refractivity contribution in [3.05, 3.63) is 65.0 Å². The van der Waals surface area contributed by atoms with Crippen molar-refractivity contribution in [3.8, 4) is 0 Å². The van der Waals surface area contributed by atoms with Crippen molar-refractivity contribution >= 4 is 5.69 Å². The zero-order chi connectivity index (χ0) is 14.8. The van der Waals surface area contributed by atoms with Gasteiger partial charge in [-0.2, -0.15) is 13.2 Å². The minimum Gasteiger partial charge on any atom is -0.381 e. The smallest absolute Gasteiger partial charge is 0.381 e. The van der Waals surface area contributed by atoms with Gasteiger partial charge < -0.3 is 5.32 Å². The summed E-state index contributed by atoms with van der Waals surface area (Å²) >= 11 is 0. The van der Waals surface area contributed by atoms with E-state index >= 15 is 0 Å². The van der Waals surface area contributed by atoms with Gasteiger partial charge in [0.2, 0.25) is 0 Å². The lowest BCUT2D eigenvalue weighted by Gasteiger charge is -2.14. The van der Waals surface area contributed by atoms with Crippen molar-refractivity contribution in [2.24, 2.45) is 0 Å². The van der Waals surface area contributed by atoms with Crippen molar-refractivity contribution < 1.29 is 17.6 Å². The Bertz CT molecular complexity index is 585. The summed E-state index contributed by atoms with van der Waals surface area (Å²) < 4.78 is 51.6. The normalized spacial score (nSPS) is 11.4. The highest BCUT2D eigenvalue weighted by molar-refractivity contribution is 5.47. The Balaban J connectivity index is 2.19. The summed E-state index contributed by atoms with van der Waals surface area (Å²) in [6.07, 6.45) is -4.39. The molecule has 0 aliphatic rings. The number of alkyl halides is 3. The van der Waals surface area contributed by atoms with Crippen LogP contribution in [0.25, 0.3) is 0 Å². The van der Waals surface area contributed by atoms with E-state index < -0.39 is 17.6 Å². The van der Waals surface area contributed by atoms with Gasteiger partial charge in [-0.25, -0.2) is 4.39 Å². The van der Waals surface area contributed by atoms with Gasteiger partial charge in [0.15, 0.2) is 0 Å². The number of halogens is 4. The standard InChI is InChI=1S/C15H13F4N/c1-10-6-12(16)8-13(7-10)20-9-11-4-2-3-5-14(11)15(17,18)19/h2-8,20H,9H2,1H3. The molecule has 20 heavy (non-hydrogen) atoms.